The average molecular weight is 180 g/mol. The van der Waals surface area contributed by atoms with Crippen molar-refractivity contribution in [3.63, 3.8) is 0 Å². The van der Waals surface area contributed by atoms with Gasteiger partial charge in [-0.1, -0.05) is 33.1 Å². The standard InChI is InChI=1S/C11H20N2/c1-3-5-6-10-13-11(7-4-2)8-9-12-13/h8-9H,3-7,10H2,1-2H3. The van der Waals surface area contributed by atoms with Crippen molar-refractivity contribution in [2.45, 2.75) is 52.5 Å². The van der Waals surface area contributed by atoms with Crippen molar-refractivity contribution < 1.29 is 0 Å². The topological polar surface area (TPSA) is 17.8 Å². The van der Waals surface area contributed by atoms with E-state index in [2.05, 4.69) is 29.7 Å². The highest BCUT2D eigenvalue weighted by atomic mass is 15.3. The lowest BCUT2D eigenvalue weighted by molar-refractivity contribution is 0.531. The highest BCUT2D eigenvalue weighted by molar-refractivity contribution is 5.00. The molecule has 0 bridgehead atoms. The summed E-state index contributed by atoms with van der Waals surface area (Å²) in [5, 5.41) is 4.32. The van der Waals surface area contributed by atoms with E-state index in [0.717, 1.165) is 13.0 Å². The molecule has 0 aromatic carbocycles. The maximum absolute atomic E-state index is 4.32. The number of rotatable bonds is 6. The zero-order valence-electron chi connectivity index (χ0n) is 8.79. The molecule has 1 heterocycles. The number of hydrogen-bond donors (Lipinski definition) is 0. The van der Waals surface area contributed by atoms with Crippen molar-refractivity contribution in [1.29, 1.82) is 0 Å². The minimum atomic E-state index is 1.09. The molecule has 0 radical (unpaired) electrons. The van der Waals surface area contributed by atoms with Crippen molar-refractivity contribution in [2.75, 3.05) is 0 Å². The van der Waals surface area contributed by atoms with Gasteiger partial charge in [0, 0.05) is 18.4 Å². The van der Waals surface area contributed by atoms with Crippen LogP contribution in [0.3, 0.4) is 0 Å². The summed E-state index contributed by atoms with van der Waals surface area (Å²) in [6.07, 6.45) is 8.13. The fourth-order valence-electron chi connectivity index (χ4n) is 1.54. The summed E-state index contributed by atoms with van der Waals surface area (Å²) >= 11 is 0. The van der Waals surface area contributed by atoms with E-state index in [9.17, 15) is 0 Å². The molecule has 0 unspecified atom stereocenters. The van der Waals surface area contributed by atoms with Crippen molar-refractivity contribution >= 4 is 0 Å². The van der Waals surface area contributed by atoms with Gasteiger partial charge < -0.3 is 0 Å². The molecule has 1 rings (SSSR count). The molecule has 1 aromatic heterocycles. The lowest BCUT2D eigenvalue weighted by atomic mass is 10.2. The van der Waals surface area contributed by atoms with Crippen LogP contribution >= 0.6 is 0 Å². The maximum atomic E-state index is 4.32. The molecular weight excluding hydrogens is 160 g/mol. The normalized spacial score (nSPS) is 10.6. The van der Waals surface area contributed by atoms with E-state index in [1.54, 1.807) is 0 Å². The van der Waals surface area contributed by atoms with Crippen LogP contribution in [0.15, 0.2) is 12.3 Å². The summed E-state index contributed by atoms with van der Waals surface area (Å²) in [7, 11) is 0. The summed E-state index contributed by atoms with van der Waals surface area (Å²) in [5.74, 6) is 0. The fourth-order valence-corrected chi connectivity index (χ4v) is 1.54. The molecule has 0 saturated heterocycles. The second kappa shape index (κ2) is 5.79. The molecule has 0 N–H and O–H groups in total. The van der Waals surface area contributed by atoms with Crippen molar-refractivity contribution in [2.24, 2.45) is 0 Å². The van der Waals surface area contributed by atoms with Crippen LogP contribution in [0, 0.1) is 0 Å². The number of unbranched alkanes of at least 4 members (excludes halogenated alkanes) is 2. The van der Waals surface area contributed by atoms with Crippen LogP contribution in [-0.4, -0.2) is 9.78 Å². The third-order valence-electron chi connectivity index (χ3n) is 2.28. The van der Waals surface area contributed by atoms with Gasteiger partial charge in [0.2, 0.25) is 0 Å². The maximum Gasteiger partial charge on any atom is 0.0492 e. The lowest BCUT2D eigenvalue weighted by Crippen LogP contribution is -2.04. The van der Waals surface area contributed by atoms with Crippen LogP contribution in [0.2, 0.25) is 0 Å². The van der Waals surface area contributed by atoms with Crippen LogP contribution < -0.4 is 0 Å². The number of nitrogens with zero attached hydrogens (tertiary/aromatic N) is 2. The highest BCUT2D eigenvalue weighted by Crippen LogP contribution is 2.05. The first-order chi connectivity index (χ1) is 6.38. The third-order valence-corrected chi connectivity index (χ3v) is 2.28. The van der Waals surface area contributed by atoms with Crippen molar-refractivity contribution in [1.82, 2.24) is 9.78 Å². The summed E-state index contributed by atoms with van der Waals surface area (Å²) in [4.78, 5) is 0. The van der Waals surface area contributed by atoms with Crippen molar-refractivity contribution in [3.8, 4) is 0 Å². The Bertz CT molecular complexity index is 228. The second-order valence-corrected chi connectivity index (χ2v) is 3.50. The van der Waals surface area contributed by atoms with Gasteiger partial charge in [0.1, 0.15) is 0 Å². The quantitative estimate of drug-likeness (QED) is 0.615. The van der Waals surface area contributed by atoms with Crippen molar-refractivity contribution in [3.05, 3.63) is 18.0 Å². The molecule has 2 heteroatoms. The highest BCUT2D eigenvalue weighted by Gasteiger charge is 1.99. The van der Waals surface area contributed by atoms with E-state index in [4.69, 9.17) is 0 Å². The Labute approximate surface area is 81.0 Å². The number of aromatic nitrogens is 2. The molecular formula is C11H20N2. The third kappa shape index (κ3) is 3.21. The van der Waals surface area contributed by atoms with E-state index < -0.39 is 0 Å². The largest absolute Gasteiger partial charge is 0.270 e. The van der Waals surface area contributed by atoms with Crippen LogP contribution in [0.25, 0.3) is 0 Å². The molecule has 0 aliphatic rings. The SMILES string of the molecule is CCCCCn1nccc1CCC. The van der Waals surface area contributed by atoms with E-state index in [1.165, 1.54) is 31.4 Å². The zero-order chi connectivity index (χ0) is 9.52. The second-order valence-electron chi connectivity index (χ2n) is 3.50. The minimum Gasteiger partial charge on any atom is -0.270 e. The van der Waals surface area contributed by atoms with Crippen LogP contribution in [-0.2, 0) is 13.0 Å². The molecule has 0 aliphatic carbocycles. The Morgan fingerprint density at radius 3 is 2.77 bits per heavy atom. The minimum absolute atomic E-state index is 1.09. The van der Waals surface area contributed by atoms with Crippen LogP contribution in [0.1, 0.15) is 45.2 Å². The molecule has 0 spiro atoms. The molecule has 0 atom stereocenters. The average Bonchev–Trinajstić information content (AvgIpc) is 2.54. The predicted octanol–water partition coefficient (Wildman–Crippen LogP) is 3.03. The predicted molar refractivity (Wildman–Crippen MR) is 55.7 cm³/mol. The molecule has 2 nitrogen and oxygen atoms in total. The van der Waals surface area contributed by atoms with Gasteiger partial charge in [-0.2, -0.15) is 5.10 Å². The lowest BCUT2D eigenvalue weighted by Gasteiger charge is -2.05. The molecule has 0 saturated carbocycles. The molecule has 0 fully saturated rings. The van der Waals surface area contributed by atoms with Gasteiger partial charge in [0.15, 0.2) is 0 Å². The fraction of sp³-hybridized carbons (Fsp3) is 0.727. The Kier molecular flexibility index (Phi) is 4.58. The summed E-state index contributed by atoms with van der Waals surface area (Å²) < 4.78 is 2.15. The molecule has 0 amide bonds. The summed E-state index contributed by atoms with van der Waals surface area (Å²) in [6, 6.07) is 2.13. The van der Waals surface area contributed by atoms with Gasteiger partial charge in [0.05, 0.1) is 0 Å². The van der Waals surface area contributed by atoms with Gasteiger partial charge in [-0.3, -0.25) is 4.68 Å². The summed E-state index contributed by atoms with van der Waals surface area (Å²) in [5.41, 5.74) is 1.39. The smallest absolute Gasteiger partial charge is 0.0492 e. The Morgan fingerprint density at radius 2 is 2.08 bits per heavy atom. The first-order valence-electron chi connectivity index (χ1n) is 5.39. The van der Waals surface area contributed by atoms with E-state index in [0.29, 0.717) is 0 Å². The Hall–Kier alpha value is -0.790. The Balaban J connectivity index is 2.40. The van der Waals surface area contributed by atoms with Gasteiger partial charge in [0.25, 0.3) is 0 Å². The first-order valence-corrected chi connectivity index (χ1v) is 5.39. The monoisotopic (exact) mass is 180 g/mol. The van der Waals surface area contributed by atoms with Gasteiger partial charge in [-0.15, -0.1) is 0 Å². The molecule has 1 aromatic rings. The van der Waals surface area contributed by atoms with E-state index >= 15 is 0 Å². The number of aryl methyl sites for hydroxylation is 2. The Morgan fingerprint density at radius 1 is 1.23 bits per heavy atom. The van der Waals surface area contributed by atoms with E-state index in [-0.39, 0.29) is 0 Å². The number of hydrogen-bond acceptors (Lipinski definition) is 1. The molecule has 0 aliphatic heterocycles. The van der Waals surface area contributed by atoms with Gasteiger partial charge in [-0.05, 0) is 18.9 Å². The van der Waals surface area contributed by atoms with Gasteiger partial charge in [-0.25, -0.2) is 0 Å². The first kappa shape index (κ1) is 10.3. The summed E-state index contributed by atoms with van der Waals surface area (Å²) in [6.45, 7) is 5.54. The van der Waals surface area contributed by atoms with E-state index in [1.807, 2.05) is 6.20 Å². The van der Waals surface area contributed by atoms with Gasteiger partial charge >= 0.3 is 0 Å². The van der Waals surface area contributed by atoms with Crippen LogP contribution in [0.4, 0.5) is 0 Å². The van der Waals surface area contributed by atoms with Crippen LogP contribution in [0.5, 0.6) is 0 Å². The molecule has 74 valence electrons. The molecule has 13 heavy (non-hydrogen) atoms. The zero-order valence-corrected chi connectivity index (χ0v) is 8.79.